The van der Waals surface area contributed by atoms with Crippen LogP contribution in [-0.2, 0) is 28.5 Å². The van der Waals surface area contributed by atoms with E-state index >= 15 is 0 Å². The summed E-state index contributed by atoms with van der Waals surface area (Å²) < 4.78 is 20.4. The van der Waals surface area contributed by atoms with Crippen molar-refractivity contribution < 1.29 is 59.2 Å². The highest BCUT2D eigenvalue weighted by Crippen LogP contribution is 2.30. The van der Waals surface area contributed by atoms with Crippen molar-refractivity contribution in [3.05, 3.63) is 11.5 Å². The third kappa shape index (κ3) is 6.80. The maximum absolute atomic E-state index is 12.5. The van der Waals surface area contributed by atoms with E-state index in [2.05, 4.69) is 0 Å². The average molecular weight is 493 g/mol. The molecule has 0 saturated carbocycles. The largest absolute Gasteiger partial charge is 0.505 e. The topological polar surface area (TPSA) is 192 Å². The van der Waals surface area contributed by atoms with Crippen LogP contribution in [-0.4, -0.2) is 98.7 Å². The maximum atomic E-state index is 12.5. The van der Waals surface area contributed by atoms with E-state index in [1.807, 2.05) is 13.8 Å². The number of hydrogen-bond acceptors (Lipinski definition) is 12. The molecule has 0 aromatic rings. The van der Waals surface area contributed by atoms with Gasteiger partial charge in [-0.1, -0.05) is 39.5 Å². The van der Waals surface area contributed by atoms with Crippen molar-refractivity contribution in [2.24, 2.45) is 5.92 Å². The Morgan fingerprint density at radius 3 is 2.24 bits per heavy atom. The third-order valence-electron chi connectivity index (χ3n) is 5.90. The van der Waals surface area contributed by atoms with Crippen molar-refractivity contribution in [1.29, 1.82) is 0 Å². The minimum Gasteiger partial charge on any atom is -0.505 e. The van der Waals surface area contributed by atoms with Crippen LogP contribution in [0.25, 0.3) is 0 Å². The van der Waals surface area contributed by atoms with Crippen molar-refractivity contribution in [1.82, 2.24) is 0 Å². The highest BCUT2D eigenvalue weighted by Gasteiger charge is 2.48. The molecule has 0 aliphatic carbocycles. The molecule has 2 aliphatic heterocycles. The van der Waals surface area contributed by atoms with Gasteiger partial charge in [0.25, 0.3) is 0 Å². The standard InChI is InChI=1S/C22H36O12/c1-3-5-7-11(8-6-4-2)20(29)31-10-12(24)18-17(28)19(21(30)33-18)34-22-16(27)15(26)14(25)13(9-23)32-22/h11-16,18,22-28H,3-10H2,1-2H3/t12?,13-,14-,15+,16-,18?,22-/m1/s1. The number of hydrogen-bond donors (Lipinski definition) is 6. The maximum Gasteiger partial charge on any atom is 0.378 e. The fourth-order valence-corrected chi connectivity index (χ4v) is 3.76. The second kappa shape index (κ2) is 13.2. The lowest BCUT2D eigenvalue weighted by atomic mass is 9.96. The Morgan fingerprint density at radius 2 is 1.68 bits per heavy atom. The fraction of sp³-hybridized carbons (Fsp3) is 0.818. The van der Waals surface area contributed by atoms with E-state index in [1.165, 1.54) is 0 Å². The molecule has 0 radical (unpaired) electrons. The monoisotopic (exact) mass is 492 g/mol. The molecule has 1 saturated heterocycles. The lowest BCUT2D eigenvalue weighted by molar-refractivity contribution is -0.291. The van der Waals surface area contributed by atoms with Gasteiger partial charge in [-0.3, -0.25) is 4.79 Å². The zero-order valence-electron chi connectivity index (χ0n) is 19.4. The van der Waals surface area contributed by atoms with Crippen LogP contribution in [0.2, 0.25) is 0 Å². The summed E-state index contributed by atoms with van der Waals surface area (Å²) in [6.07, 6.45) is -6.55. The van der Waals surface area contributed by atoms with Crippen LogP contribution in [0.1, 0.15) is 52.4 Å². The van der Waals surface area contributed by atoms with Crippen molar-refractivity contribution in [2.75, 3.05) is 13.2 Å². The molecule has 2 unspecified atom stereocenters. The normalized spacial score (nSPS) is 30.4. The number of carbonyl (C=O) groups is 2. The van der Waals surface area contributed by atoms with E-state index < -0.39 is 79.6 Å². The molecule has 2 aliphatic rings. The molecule has 7 atom stereocenters. The number of unbranched alkanes of at least 4 members (excludes halogenated alkanes) is 2. The summed E-state index contributed by atoms with van der Waals surface area (Å²) in [5, 5.41) is 59.7. The highest BCUT2D eigenvalue weighted by molar-refractivity contribution is 5.89. The van der Waals surface area contributed by atoms with E-state index in [0.717, 1.165) is 25.7 Å². The van der Waals surface area contributed by atoms with Gasteiger partial charge in [-0.2, -0.15) is 0 Å². The molecule has 0 spiro atoms. The molecule has 12 heteroatoms. The summed E-state index contributed by atoms with van der Waals surface area (Å²) in [6.45, 7) is 2.77. The fourth-order valence-electron chi connectivity index (χ4n) is 3.76. The number of carbonyl (C=O) groups excluding carboxylic acids is 2. The molecule has 2 rings (SSSR count). The molecular weight excluding hydrogens is 456 g/mol. The molecule has 0 amide bonds. The Hall–Kier alpha value is -1.96. The third-order valence-corrected chi connectivity index (χ3v) is 5.90. The van der Waals surface area contributed by atoms with Crippen LogP contribution in [0.3, 0.4) is 0 Å². The molecule has 12 nitrogen and oxygen atoms in total. The second-order valence-electron chi connectivity index (χ2n) is 8.53. The van der Waals surface area contributed by atoms with E-state index in [-0.39, 0.29) is 5.92 Å². The summed E-state index contributed by atoms with van der Waals surface area (Å²) in [7, 11) is 0. The average Bonchev–Trinajstić information content (AvgIpc) is 3.10. The number of cyclic esters (lactones) is 1. The van der Waals surface area contributed by atoms with E-state index in [1.54, 1.807) is 0 Å². The quantitative estimate of drug-likeness (QED) is 0.179. The number of aliphatic hydroxyl groups is 6. The van der Waals surface area contributed by atoms with Crippen LogP contribution in [0.5, 0.6) is 0 Å². The first-order valence-corrected chi connectivity index (χ1v) is 11.6. The Labute approximate surface area is 197 Å². The van der Waals surface area contributed by atoms with Gasteiger partial charge >= 0.3 is 11.9 Å². The van der Waals surface area contributed by atoms with Crippen LogP contribution in [0, 0.1) is 5.92 Å². The molecule has 34 heavy (non-hydrogen) atoms. The van der Waals surface area contributed by atoms with Gasteiger partial charge in [0.05, 0.1) is 12.5 Å². The predicted molar refractivity (Wildman–Crippen MR) is 114 cm³/mol. The van der Waals surface area contributed by atoms with E-state index in [9.17, 15) is 40.2 Å². The van der Waals surface area contributed by atoms with Crippen LogP contribution < -0.4 is 0 Å². The van der Waals surface area contributed by atoms with Gasteiger partial charge in [0.15, 0.2) is 11.9 Å². The first kappa shape index (κ1) is 28.3. The SMILES string of the molecule is CCCCC(CCCC)C(=O)OCC(O)C1OC(=O)C(O[C@H]2O[C@H](CO)[C@@H](O)[C@H](O)[C@H]2O)=C1O. The van der Waals surface area contributed by atoms with Gasteiger partial charge in [-0.25, -0.2) is 4.79 Å². The summed E-state index contributed by atoms with van der Waals surface area (Å²) in [5.41, 5.74) is 0. The van der Waals surface area contributed by atoms with Gasteiger partial charge < -0.3 is 49.6 Å². The van der Waals surface area contributed by atoms with Gasteiger partial charge in [0, 0.05) is 0 Å². The molecule has 196 valence electrons. The van der Waals surface area contributed by atoms with Crippen LogP contribution in [0.15, 0.2) is 11.5 Å². The zero-order valence-corrected chi connectivity index (χ0v) is 19.4. The molecule has 6 N–H and O–H groups in total. The molecular formula is C22H36O12. The number of ether oxygens (including phenoxy) is 4. The van der Waals surface area contributed by atoms with Gasteiger partial charge in [0.2, 0.25) is 12.0 Å². The molecule has 0 aromatic heterocycles. The van der Waals surface area contributed by atoms with E-state index in [0.29, 0.717) is 12.8 Å². The predicted octanol–water partition coefficient (Wildman–Crippen LogP) is -0.601. The van der Waals surface area contributed by atoms with Crippen molar-refractivity contribution in [3.8, 4) is 0 Å². The van der Waals surface area contributed by atoms with Crippen molar-refractivity contribution in [2.45, 2.75) is 95.3 Å². The van der Waals surface area contributed by atoms with Crippen LogP contribution in [0.4, 0.5) is 0 Å². The van der Waals surface area contributed by atoms with E-state index in [4.69, 9.17) is 18.9 Å². The summed E-state index contributed by atoms with van der Waals surface area (Å²) >= 11 is 0. The highest BCUT2D eigenvalue weighted by atomic mass is 16.7. The van der Waals surface area contributed by atoms with Crippen LogP contribution >= 0.6 is 0 Å². The minimum atomic E-state index is -1.82. The van der Waals surface area contributed by atoms with Gasteiger partial charge in [-0.05, 0) is 12.8 Å². The van der Waals surface area contributed by atoms with Crippen molar-refractivity contribution >= 4 is 11.9 Å². The van der Waals surface area contributed by atoms with Gasteiger partial charge in [0.1, 0.15) is 37.1 Å². The van der Waals surface area contributed by atoms with Gasteiger partial charge in [-0.15, -0.1) is 0 Å². The molecule has 2 heterocycles. The number of esters is 2. The first-order valence-electron chi connectivity index (χ1n) is 11.6. The molecule has 0 aromatic carbocycles. The summed E-state index contributed by atoms with van der Waals surface area (Å²) in [6, 6.07) is 0. The Kier molecular flexibility index (Phi) is 11.0. The lowest BCUT2D eigenvalue weighted by Crippen LogP contribution is -2.59. The summed E-state index contributed by atoms with van der Waals surface area (Å²) in [5.74, 6) is -3.59. The Balaban J connectivity index is 2.00. The zero-order chi connectivity index (χ0) is 25.4. The lowest BCUT2D eigenvalue weighted by Gasteiger charge is -2.39. The summed E-state index contributed by atoms with van der Waals surface area (Å²) in [4.78, 5) is 24.6. The van der Waals surface area contributed by atoms with Crippen molar-refractivity contribution in [3.63, 3.8) is 0 Å². The Bertz CT molecular complexity index is 700. The Morgan fingerprint density at radius 1 is 1.06 bits per heavy atom. The smallest absolute Gasteiger partial charge is 0.378 e. The minimum absolute atomic E-state index is 0.313. The number of rotatable bonds is 13. The first-order chi connectivity index (χ1) is 16.2. The molecule has 0 bridgehead atoms. The second-order valence-corrected chi connectivity index (χ2v) is 8.53. The number of aliphatic hydroxyl groups excluding tert-OH is 6. The molecule has 1 fully saturated rings.